The van der Waals surface area contributed by atoms with Gasteiger partial charge in [-0.3, -0.25) is 4.98 Å². The van der Waals surface area contributed by atoms with Gasteiger partial charge in [-0.05, 0) is 42.8 Å². The van der Waals surface area contributed by atoms with Crippen molar-refractivity contribution < 1.29 is 13.2 Å². The Kier molecular flexibility index (Phi) is 3.83. The molecule has 0 aliphatic heterocycles. The number of hydrogen-bond donors (Lipinski definition) is 2. The largest absolute Gasteiger partial charge is 0.416 e. The van der Waals surface area contributed by atoms with Crippen LogP contribution in [0, 0.1) is 0 Å². The summed E-state index contributed by atoms with van der Waals surface area (Å²) >= 11 is 0. The summed E-state index contributed by atoms with van der Waals surface area (Å²) in [5, 5.41) is 3.08. The zero-order valence-corrected chi connectivity index (χ0v) is 10.8. The molecule has 106 valence electrons. The van der Waals surface area contributed by atoms with Crippen LogP contribution >= 0.6 is 0 Å². The first-order chi connectivity index (χ1) is 9.38. The van der Waals surface area contributed by atoms with Crippen LogP contribution in [-0.2, 0) is 6.18 Å². The lowest BCUT2D eigenvalue weighted by Gasteiger charge is -2.18. The van der Waals surface area contributed by atoms with E-state index in [0.717, 1.165) is 17.7 Å². The van der Waals surface area contributed by atoms with E-state index >= 15 is 0 Å². The van der Waals surface area contributed by atoms with Gasteiger partial charge in [0, 0.05) is 18.4 Å². The Morgan fingerprint density at radius 3 is 2.35 bits per heavy atom. The molecule has 6 heteroatoms. The summed E-state index contributed by atoms with van der Waals surface area (Å²) in [6, 6.07) is 6.86. The van der Waals surface area contributed by atoms with Crippen molar-refractivity contribution in [2.75, 3.05) is 11.1 Å². The molecule has 0 fully saturated rings. The highest BCUT2D eigenvalue weighted by atomic mass is 19.4. The SMILES string of the molecule is CC(Nc1ccc(C(F)(F)F)cc1N)c1ccncc1. The van der Waals surface area contributed by atoms with Crippen LogP contribution in [-0.4, -0.2) is 4.98 Å². The summed E-state index contributed by atoms with van der Waals surface area (Å²) < 4.78 is 37.6. The van der Waals surface area contributed by atoms with E-state index in [1.807, 2.05) is 19.1 Å². The average molecular weight is 281 g/mol. The van der Waals surface area contributed by atoms with Crippen LogP contribution in [0.1, 0.15) is 24.1 Å². The third-order valence-electron chi connectivity index (χ3n) is 2.96. The molecule has 2 rings (SSSR count). The Balaban J connectivity index is 2.18. The molecule has 0 aliphatic rings. The van der Waals surface area contributed by atoms with Crippen molar-refractivity contribution in [3.05, 3.63) is 53.9 Å². The molecule has 1 heterocycles. The molecule has 20 heavy (non-hydrogen) atoms. The topological polar surface area (TPSA) is 50.9 Å². The number of anilines is 2. The summed E-state index contributed by atoms with van der Waals surface area (Å²) in [5.74, 6) is 0. The minimum atomic E-state index is -4.39. The monoisotopic (exact) mass is 281 g/mol. The number of benzene rings is 1. The van der Waals surface area contributed by atoms with Crippen molar-refractivity contribution in [1.29, 1.82) is 0 Å². The minimum Gasteiger partial charge on any atom is -0.397 e. The van der Waals surface area contributed by atoms with E-state index in [4.69, 9.17) is 5.73 Å². The lowest BCUT2D eigenvalue weighted by Crippen LogP contribution is -2.10. The fraction of sp³-hybridized carbons (Fsp3) is 0.214. The Bertz CT molecular complexity index is 582. The normalized spacial score (nSPS) is 13.0. The van der Waals surface area contributed by atoms with Crippen LogP contribution in [0.4, 0.5) is 24.5 Å². The van der Waals surface area contributed by atoms with E-state index in [-0.39, 0.29) is 11.7 Å². The predicted molar refractivity (Wildman–Crippen MR) is 72.1 cm³/mol. The summed E-state index contributed by atoms with van der Waals surface area (Å²) in [5.41, 5.74) is 6.43. The highest BCUT2D eigenvalue weighted by Gasteiger charge is 2.30. The fourth-order valence-electron chi connectivity index (χ4n) is 1.84. The van der Waals surface area contributed by atoms with E-state index in [1.165, 1.54) is 6.07 Å². The van der Waals surface area contributed by atoms with Crippen molar-refractivity contribution in [2.24, 2.45) is 0 Å². The molecule has 0 aliphatic carbocycles. The average Bonchev–Trinajstić information content (AvgIpc) is 2.41. The van der Waals surface area contributed by atoms with Gasteiger partial charge in [-0.15, -0.1) is 0 Å². The molecule has 3 nitrogen and oxygen atoms in total. The van der Waals surface area contributed by atoms with Crippen molar-refractivity contribution in [3.63, 3.8) is 0 Å². The maximum absolute atomic E-state index is 12.5. The van der Waals surface area contributed by atoms with Crippen LogP contribution in [0.25, 0.3) is 0 Å². The van der Waals surface area contributed by atoms with Gasteiger partial charge in [0.1, 0.15) is 0 Å². The van der Waals surface area contributed by atoms with Gasteiger partial charge in [0.2, 0.25) is 0 Å². The van der Waals surface area contributed by atoms with Gasteiger partial charge in [-0.25, -0.2) is 0 Å². The molecule has 3 N–H and O–H groups in total. The molecule has 0 spiro atoms. The molecule has 2 aromatic rings. The van der Waals surface area contributed by atoms with Gasteiger partial charge in [-0.1, -0.05) is 0 Å². The number of pyridine rings is 1. The Morgan fingerprint density at radius 1 is 1.15 bits per heavy atom. The molecule has 1 aromatic heterocycles. The van der Waals surface area contributed by atoms with Gasteiger partial charge >= 0.3 is 6.18 Å². The zero-order chi connectivity index (χ0) is 14.8. The van der Waals surface area contributed by atoms with Crippen molar-refractivity contribution in [3.8, 4) is 0 Å². The fourth-order valence-corrected chi connectivity index (χ4v) is 1.84. The Hall–Kier alpha value is -2.24. The van der Waals surface area contributed by atoms with Gasteiger partial charge < -0.3 is 11.1 Å². The highest BCUT2D eigenvalue weighted by Crippen LogP contribution is 2.33. The highest BCUT2D eigenvalue weighted by molar-refractivity contribution is 5.67. The number of alkyl halides is 3. The number of halogens is 3. The number of aromatic nitrogens is 1. The lowest BCUT2D eigenvalue weighted by molar-refractivity contribution is -0.137. The summed E-state index contributed by atoms with van der Waals surface area (Å²) in [6.45, 7) is 1.90. The molecule has 1 atom stereocenters. The summed E-state index contributed by atoms with van der Waals surface area (Å²) in [7, 11) is 0. The second kappa shape index (κ2) is 5.40. The van der Waals surface area contributed by atoms with Crippen molar-refractivity contribution in [1.82, 2.24) is 4.98 Å². The number of nitrogens with one attached hydrogen (secondary N) is 1. The summed E-state index contributed by atoms with van der Waals surface area (Å²) in [4.78, 5) is 3.91. The van der Waals surface area contributed by atoms with Crippen LogP contribution in [0.15, 0.2) is 42.7 Å². The summed E-state index contributed by atoms with van der Waals surface area (Å²) in [6.07, 6.45) is -1.07. The molecule has 1 aromatic carbocycles. The molecule has 1 unspecified atom stereocenters. The van der Waals surface area contributed by atoms with E-state index < -0.39 is 11.7 Å². The molecule has 0 radical (unpaired) electrons. The van der Waals surface area contributed by atoms with Gasteiger partial charge in [-0.2, -0.15) is 13.2 Å². The molecular formula is C14H14F3N3. The molecular weight excluding hydrogens is 267 g/mol. The number of nitrogens with zero attached hydrogens (tertiary/aromatic N) is 1. The van der Waals surface area contributed by atoms with Gasteiger partial charge in [0.25, 0.3) is 0 Å². The third kappa shape index (κ3) is 3.20. The number of nitrogens with two attached hydrogens (primary N) is 1. The first-order valence-electron chi connectivity index (χ1n) is 6.01. The third-order valence-corrected chi connectivity index (χ3v) is 2.96. The maximum atomic E-state index is 12.5. The van der Waals surface area contributed by atoms with E-state index in [9.17, 15) is 13.2 Å². The van der Waals surface area contributed by atoms with Crippen LogP contribution in [0.2, 0.25) is 0 Å². The number of hydrogen-bond acceptors (Lipinski definition) is 3. The van der Waals surface area contributed by atoms with E-state index in [0.29, 0.717) is 5.69 Å². The second-order valence-electron chi connectivity index (χ2n) is 4.45. The maximum Gasteiger partial charge on any atom is 0.416 e. The Morgan fingerprint density at radius 2 is 1.80 bits per heavy atom. The zero-order valence-electron chi connectivity index (χ0n) is 10.8. The minimum absolute atomic E-state index is 0.0701. The quantitative estimate of drug-likeness (QED) is 0.840. The molecule has 0 saturated heterocycles. The number of rotatable bonds is 3. The lowest BCUT2D eigenvalue weighted by atomic mass is 10.1. The predicted octanol–water partition coefficient (Wildman–Crippen LogP) is 3.86. The van der Waals surface area contributed by atoms with Crippen LogP contribution in [0.5, 0.6) is 0 Å². The van der Waals surface area contributed by atoms with E-state index in [1.54, 1.807) is 12.4 Å². The Labute approximate surface area is 114 Å². The second-order valence-corrected chi connectivity index (χ2v) is 4.45. The van der Waals surface area contributed by atoms with Crippen LogP contribution < -0.4 is 11.1 Å². The van der Waals surface area contributed by atoms with Crippen molar-refractivity contribution in [2.45, 2.75) is 19.1 Å². The molecule has 0 bridgehead atoms. The molecule has 0 amide bonds. The first-order valence-corrected chi connectivity index (χ1v) is 6.01. The van der Waals surface area contributed by atoms with E-state index in [2.05, 4.69) is 10.3 Å². The standard InChI is InChI=1S/C14H14F3N3/c1-9(10-4-6-19-7-5-10)20-13-3-2-11(8-12(13)18)14(15,16)17/h2-9,20H,18H2,1H3. The van der Waals surface area contributed by atoms with Gasteiger partial charge in [0.15, 0.2) is 0 Å². The van der Waals surface area contributed by atoms with Crippen LogP contribution in [0.3, 0.4) is 0 Å². The molecule has 0 saturated carbocycles. The number of nitrogen functional groups attached to an aromatic ring is 1. The smallest absolute Gasteiger partial charge is 0.397 e. The first kappa shape index (κ1) is 14.2. The van der Waals surface area contributed by atoms with Crippen molar-refractivity contribution >= 4 is 11.4 Å². The van der Waals surface area contributed by atoms with Gasteiger partial charge in [0.05, 0.1) is 16.9 Å².